The minimum atomic E-state index is 0.00634. The molecule has 0 saturated heterocycles. The maximum atomic E-state index is 11.2. The second kappa shape index (κ2) is 5.78. The first kappa shape index (κ1) is 11.2. The molecule has 3 nitrogen and oxygen atoms in total. The van der Waals surface area contributed by atoms with Gasteiger partial charge in [0.15, 0.2) is 0 Å². The van der Waals surface area contributed by atoms with Crippen LogP contribution in [-0.2, 0) is 11.3 Å². The van der Waals surface area contributed by atoms with Gasteiger partial charge in [-0.3, -0.25) is 4.79 Å². The zero-order valence-electron chi connectivity index (χ0n) is 8.25. The van der Waals surface area contributed by atoms with E-state index in [1.165, 1.54) is 10.4 Å². The number of aliphatic hydroxyl groups is 1. The summed E-state index contributed by atoms with van der Waals surface area (Å²) in [5.41, 5.74) is 1.22. The standard InChI is InChI=1S/C10H15NO2S/c1-8-4-6-14-9(8)7-11-10(13)3-2-5-12/h4,6,12H,2-3,5,7H2,1H3,(H,11,13). The molecule has 0 bridgehead atoms. The predicted octanol–water partition coefficient (Wildman–Crippen LogP) is 1.45. The van der Waals surface area contributed by atoms with Gasteiger partial charge in [0, 0.05) is 17.9 Å². The Balaban J connectivity index is 2.27. The topological polar surface area (TPSA) is 49.3 Å². The largest absolute Gasteiger partial charge is 0.396 e. The van der Waals surface area contributed by atoms with Crippen LogP contribution < -0.4 is 5.32 Å². The van der Waals surface area contributed by atoms with Crippen molar-refractivity contribution in [1.82, 2.24) is 5.32 Å². The van der Waals surface area contributed by atoms with E-state index >= 15 is 0 Å². The van der Waals surface area contributed by atoms with Crippen molar-refractivity contribution in [3.63, 3.8) is 0 Å². The minimum Gasteiger partial charge on any atom is -0.396 e. The highest BCUT2D eigenvalue weighted by Gasteiger charge is 2.03. The number of carbonyl (C=O) groups is 1. The number of amides is 1. The van der Waals surface area contributed by atoms with Gasteiger partial charge in [-0.2, -0.15) is 0 Å². The van der Waals surface area contributed by atoms with E-state index in [1.807, 2.05) is 18.4 Å². The molecule has 0 radical (unpaired) electrons. The number of thiophene rings is 1. The van der Waals surface area contributed by atoms with Crippen molar-refractivity contribution < 1.29 is 9.90 Å². The monoisotopic (exact) mass is 213 g/mol. The smallest absolute Gasteiger partial charge is 0.220 e. The number of aryl methyl sites for hydroxylation is 1. The lowest BCUT2D eigenvalue weighted by Gasteiger charge is -2.03. The Labute approximate surface area is 87.8 Å². The summed E-state index contributed by atoms with van der Waals surface area (Å²) in [5, 5.41) is 13.4. The lowest BCUT2D eigenvalue weighted by molar-refractivity contribution is -0.121. The first-order chi connectivity index (χ1) is 6.74. The summed E-state index contributed by atoms with van der Waals surface area (Å²) in [7, 11) is 0. The number of hydrogen-bond donors (Lipinski definition) is 2. The highest BCUT2D eigenvalue weighted by molar-refractivity contribution is 7.10. The number of rotatable bonds is 5. The van der Waals surface area contributed by atoms with Gasteiger partial charge in [0.25, 0.3) is 0 Å². The van der Waals surface area contributed by atoms with Gasteiger partial charge in [0.05, 0.1) is 6.54 Å². The Morgan fingerprint density at radius 1 is 1.64 bits per heavy atom. The van der Waals surface area contributed by atoms with E-state index in [9.17, 15) is 4.79 Å². The van der Waals surface area contributed by atoms with Crippen molar-refractivity contribution in [3.8, 4) is 0 Å². The van der Waals surface area contributed by atoms with Gasteiger partial charge in [0.2, 0.25) is 5.91 Å². The zero-order chi connectivity index (χ0) is 10.4. The van der Waals surface area contributed by atoms with Gasteiger partial charge in [-0.1, -0.05) is 0 Å². The second-order valence-corrected chi connectivity index (χ2v) is 4.13. The molecule has 1 aromatic rings. The van der Waals surface area contributed by atoms with Crippen molar-refractivity contribution in [2.24, 2.45) is 0 Å². The number of nitrogens with one attached hydrogen (secondary N) is 1. The van der Waals surface area contributed by atoms with Gasteiger partial charge >= 0.3 is 0 Å². The molecule has 78 valence electrons. The lowest BCUT2D eigenvalue weighted by atomic mass is 10.3. The SMILES string of the molecule is Cc1ccsc1CNC(=O)CCCO. The molecule has 0 saturated carbocycles. The molecule has 0 aliphatic carbocycles. The van der Waals surface area contributed by atoms with Crippen molar-refractivity contribution in [3.05, 3.63) is 21.9 Å². The highest BCUT2D eigenvalue weighted by Crippen LogP contribution is 2.14. The molecular weight excluding hydrogens is 198 g/mol. The van der Waals surface area contributed by atoms with Crippen LogP contribution in [0.1, 0.15) is 23.3 Å². The van der Waals surface area contributed by atoms with Crippen molar-refractivity contribution in [1.29, 1.82) is 0 Å². The average molecular weight is 213 g/mol. The van der Waals surface area contributed by atoms with E-state index in [0.29, 0.717) is 19.4 Å². The van der Waals surface area contributed by atoms with Crippen LogP contribution in [0.4, 0.5) is 0 Å². The summed E-state index contributed by atoms with van der Waals surface area (Å²) >= 11 is 1.65. The van der Waals surface area contributed by atoms with Gasteiger partial charge in [-0.05, 0) is 30.4 Å². The lowest BCUT2D eigenvalue weighted by Crippen LogP contribution is -2.22. The summed E-state index contributed by atoms with van der Waals surface area (Å²) < 4.78 is 0. The fourth-order valence-electron chi connectivity index (χ4n) is 1.09. The molecule has 0 unspecified atom stereocenters. The maximum Gasteiger partial charge on any atom is 0.220 e. The molecular formula is C10H15NO2S. The Hall–Kier alpha value is -0.870. The van der Waals surface area contributed by atoms with Crippen LogP contribution in [0.3, 0.4) is 0 Å². The van der Waals surface area contributed by atoms with Gasteiger partial charge in [-0.25, -0.2) is 0 Å². The van der Waals surface area contributed by atoms with Gasteiger partial charge < -0.3 is 10.4 Å². The third-order valence-electron chi connectivity index (χ3n) is 1.98. The molecule has 1 heterocycles. The van der Waals surface area contributed by atoms with E-state index in [-0.39, 0.29) is 12.5 Å². The minimum absolute atomic E-state index is 0.00634. The Morgan fingerprint density at radius 2 is 2.43 bits per heavy atom. The fourth-order valence-corrected chi connectivity index (χ4v) is 1.94. The molecule has 0 aromatic carbocycles. The molecule has 2 N–H and O–H groups in total. The average Bonchev–Trinajstić information content (AvgIpc) is 2.58. The summed E-state index contributed by atoms with van der Waals surface area (Å²) in [5.74, 6) is 0.00634. The van der Waals surface area contributed by atoms with Crippen LogP contribution in [0.2, 0.25) is 0 Å². The highest BCUT2D eigenvalue weighted by atomic mass is 32.1. The molecule has 0 atom stereocenters. The molecule has 1 aromatic heterocycles. The van der Waals surface area contributed by atoms with Gasteiger partial charge in [0.1, 0.15) is 0 Å². The Kier molecular flexibility index (Phi) is 4.62. The van der Waals surface area contributed by atoms with Crippen molar-refractivity contribution >= 4 is 17.2 Å². The fraction of sp³-hybridized carbons (Fsp3) is 0.500. The zero-order valence-corrected chi connectivity index (χ0v) is 9.06. The van der Waals surface area contributed by atoms with Crippen molar-refractivity contribution in [2.45, 2.75) is 26.3 Å². The van der Waals surface area contributed by atoms with Crippen LogP contribution in [-0.4, -0.2) is 17.6 Å². The van der Waals surface area contributed by atoms with Crippen LogP contribution in [0.15, 0.2) is 11.4 Å². The van der Waals surface area contributed by atoms with Crippen LogP contribution in [0.5, 0.6) is 0 Å². The molecule has 0 spiro atoms. The third-order valence-corrected chi connectivity index (χ3v) is 3.00. The molecule has 0 aliphatic heterocycles. The molecule has 1 amide bonds. The van der Waals surface area contributed by atoms with E-state index < -0.39 is 0 Å². The van der Waals surface area contributed by atoms with E-state index in [0.717, 1.165) is 0 Å². The summed E-state index contributed by atoms with van der Waals surface area (Å²) in [6.45, 7) is 2.71. The first-order valence-electron chi connectivity index (χ1n) is 4.64. The van der Waals surface area contributed by atoms with E-state index in [4.69, 9.17) is 5.11 Å². The summed E-state index contributed by atoms with van der Waals surface area (Å²) in [4.78, 5) is 12.4. The molecule has 1 rings (SSSR count). The Morgan fingerprint density at radius 3 is 3.00 bits per heavy atom. The molecule has 4 heteroatoms. The molecule has 0 aliphatic rings. The quantitative estimate of drug-likeness (QED) is 0.777. The van der Waals surface area contributed by atoms with Crippen LogP contribution in [0, 0.1) is 6.92 Å². The normalized spacial score (nSPS) is 10.1. The first-order valence-corrected chi connectivity index (χ1v) is 5.52. The number of aliphatic hydroxyl groups excluding tert-OH is 1. The van der Waals surface area contributed by atoms with Crippen molar-refractivity contribution in [2.75, 3.05) is 6.61 Å². The Bertz CT molecular complexity index is 296. The summed E-state index contributed by atoms with van der Waals surface area (Å²) in [6.07, 6.45) is 0.941. The molecule has 0 fully saturated rings. The predicted molar refractivity (Wildman–Crippen MR) is 57.2 cm³/mol. The van der Waals surface area contributed by atoms with E-state index in [2.05, 4.69) is 5.32 Å². The van der Waals surface area contributed by atoms with E-state index in [1.54, 1.807) is 11.3 Å². The van der Waals surface area contributed by atoms with Gasteiger partial charge in [-0.15, -0.1) is 11.3 Å². The van der Waals surface area contributed by atoms with Crippen LogP contribution in [0.25, 0.3) is 0 Å². The third kappa shape index (κ3) is 3.47. The second-order valence-electron chi connectivity index (χ2n) is 3.13. The number of hydrogen-bond acceptors (Lipinski definition) is 3. The van der Waals surface area contributed by atoms with Crippen LogP contribution >= 0.6 is 11.3 Å². The number of carbonyl (C=O) groups excluding carboxylic acids is 1. The summed E-state index contributed by atoms with van der Waals surface area (Å²) in [6, 6.07) is 2.04. The molecule has 14 heavy (non-hydrogen) atoms. The maximum absolute atomic E-state index is 11.2.